The number of benzene rings is 3. The van der Waals surface area contributed by atoms with Gasteiger partial charge in [-0.25, -0.2) is 4.79 Å². The third-order valence-electron chi connectivity index (χ3n) is 6.64. The van der Waals surface area contributed by atoms with E-state index < -0.39 is 11.5 Å². The van der Waals surface area contributed by atoms with Crippen LogP contribution in [0.15, 0.2) is 53.3 Å². The molecule has 1 heterocycles. The molecule has 0 saturated heterocycles. The van der Waals surface area contributed by atoms with Gasteiger partial charge in [-0.15, -0.1) is 0 Å². The fourth-order valence-electron chi connectivity index (χ4n) is 4.68. The monoisotopic (exact) mass is 548 g/mol. The number of esters is 1. The predicted octanol–water partition coefficient (Wildman–Crippen LogP) is 4.55. The molecule has 0 spiro atoms. The number of aromatic nitrogens is 1. The number of pyridine rings is 1. The zero-order valence-electron chi connectivity index (χ0n) is 23.8. The number of methoxy groups -OCH3 is 6. The molecular weight excluding hydrogens is 516 g/mol. The van der Waals surface area contributed by atoms with Gasteiger partial charge in [-0.1, -0.05) is 0 Å². The van der Waals surface area contributed by atoms with Crippen molar-refractivity contribution >= 4 is 22.4 Å². The fourth-order valence-corrected chi connectivity index (χ4v) is 4.68. The molecule has 0 fully saturated rings. The van der Waals surface area contributed by atoms with E-state index in [9.17, 15) is 9.59 Å². The van der Waals surface area contributed by atoms with E-state index >= 15 is 0 Å². The molecule has 10 heteroatoms. The van der Waals surface area contributed by atoms with Crippen LogP contribution in [0.5, 0.6) is 28.7 Å². The van der Waals surface area contributed by atoms with Gasteiger partial charge in [0.05, 0.1) is 48.0 Å². The van der Waals surface area contributed by atoms with Crippen molar-refractivity contribution in [2.24, 2.45) is 0 Å². The SMILES string of the molecule is COC(=O)c1c(-c2cc(OC)c(OC)c(OC)c2)c2cc(OC)c(OC)cc2c(=O)n1-c1ccc(N(C)C)cc1. The first kappa shape index (κ1) is 28.2. The molecule has 0 aliphatic carbocycles. The molecule has 3 aromatic carbocycles. The predicted molar refractivity (Wildman–Crippen MR) is 153 cm³/mol. The second kappa shape index (κ2) is 11.5. The van der Waals surface area contributed by atoms with Gasteiger partial charge in [0.25, 0.3) is 5.56 Å². The summed E-state index contributed by atoms with van der Waals surface area (Å²) in [6, 6.07) is 14.0. The Morgan fingerprint density at radius 1 is 0.700 bits per heavy atom. The Labute approximate surface area is 232 Å². The quantitative estimate of drug-likeness (QED) is 0.279. The zero-order chi connectivity index (χ0) is 29.1. The first-order valence-electron chi connectivity index (χ1n) is 12.3. The van der Waals surface area contributed by atoms with Crippen LogP contribution in [0.25, 0.3) is 27.6 Å². The molecule has 10 nitrogen and oxygen atoms in total. The molecule has 0 atom stereocenters. The minimum Gasteiger partial charge on any atom is -0.493 e. The van der Waals surface area contributed by atoms with Crippen LogP contribution in [0.2, 0.25) is 0 Å². The van der Waals surface area contributed by atoms with Crippen molar-refractivity contribution in [2.45, 2.75) is 0 Å². The van der Waals surface area contributed by atoms with Crippen molar-refractivity contribution in [1.82, 2.24) is 4.57 Å². The van der Waals surface area contributed by atoms with E-state index in [1.54, 1.807) is 36.4 Å². The summed E-state index contributed by atoms with van der Waals surface area (Å²) >= 11 is 0. The molecule has 40 heavy (non-hydrogen) atoms. The molecule has 0 unspecified atom stereocenters. The van der Waals surface area contributed by atoms with E-state index in [1.807, 2.05) is 31.1 Å². The third-order valence-corrected chi connectivity index (χ3v) is 6.64. The summed E-state index contributed by atoms with van der Waals surface area (Å²) in [5, 5.41) is 0.740. The number of ether oxygens (including phenoxy) is 6. The maximum Gasteiger partial charge on any atom is 0.355 e. The molecular formula is C30H32N2O8. The van der Waals surface area contributed by atoms with Crippen molar-refractivity contribution in [1.29, 1.82) is 0 Å². The van der Waals surface area contributed by atoms with Gasteiger partial charge in [0.2, 0.25) is 5.75 Å². The topological polar surface area (TPSA) is 97.7 Å². The molecule has 4 aromatic rings. The maximum absolute atomic E-state index is 14.2. The van der Waals surface area contributed by atoms with Crippen LogP contribution in [-0.4, -0.2) is 67.3 Å². The lowest BCUT2D eigenvalue weighted by Gasteiger charge is -2.22. The van der Waals surface area contributed by atoms with E-state index in [0.29, 0.717) is 56.3 Å². The Hall–Kier alpha value is -4.86. The number of nitrogens with zero attached hydrogens (tertiary/aromatic N) is 2. The largest absolute Gasteiger partial charge is 0.493 e. The van der Waals surface area contributed by atoms with Crippen LogP contribution >= 0.6 is 0 Å². The number of fused-ring (bicyclic) bond motifs is 1. The Morgan fingerprint density at radius 2 is 1.23 bits per heavy atom. The van der Waals surface area contributed by atoms with E-state index in [-0.39, 0.29) is 5.69 Å². The normalized spacial score (nSPS) is 10.7. The van der Waals surface area contributed by atoms with E-state index in [0.717, 1.165) is 5.69 Å². The standard InChI is InChI=1S/C30H32N2O8/c1-31(2)18-9-11-19(12-10-18)32-27(30(34)40-8)26(17-13-24(37-5)28(39-7)25(14-17)38-6)20-15-22(35-3)23(36-4)16-21(20)29(32)33/h9-16H,1-8H3. The minimum atomic E-state index is -0.714. The highest BCUT2D eigenvalue weighted by molar-refractivity contribution is 6.08. The van der Waals surface area contributed by atoms with E-state index in [4.69, 9.17) is 28.4 Å². The van der Waals surface area contributed by atoms with Gasteiger partial charge in [0.15, 0.2) is 23.0 Å². The number of carbonyl (C=O) groups is 1. The van der Waals surface area contributed by atoms with Gasteiger partial charge >= 0.3 is 5.97 Å². The van der Waals surface area contributed by atoms with Crippen molar-refractivity contribution < 1.29 is 33.2 Å². The van der Waals surface area contributed by atoms with E-state index in [1.165, 1.54) is 47.2 Å². The number of anilines is 1. The highest BCUT2D eigenvalue weighted by atomic mass is 16.5. The lowest BCUT2D eigenvalue weighted by Crippen LogP contribution is -2.27. The van der Waals surface area contributed by atoms with Gasteiger partial charge in [0.1, 0.15) is 5.69 Å². The molecule has 0 aliphatic heterocycles. The Balaban J connectivity index is 2.27. The van der Waals surface area contributed by atoms with E-state index in [2.05, 4.69) is 0 Å². The Bertz CT molecular complexity index is 1600. The van der Waals surface area contributed by atoms with Crippen LogP contribution in [0.1, 0.15) is 10.5 Å². The molecule has 0 radical (unpaired) electrons. The first-order chi connectivity index (χ1) is 19.2. The van der Waals surface area contributed by atoms with Crippen LogP contribution in [0.3, 0.4) is 0 Å². The van der Waals surface area contributed by atoms with Gasteiger partial charge < -0.3 is 33.3 Å². The summed E-state index contributed by atoms with van der Waals surface area (Å²) in [6.45, 7) is 0. The van der Waals surface area contributed by atoms with Gasteiger partial charge in [0, 0.05) is 36.4 Å². The summed E-state index contributed by atoms with van der Waals surface area (Å²) < 4.78 is 34.3. The van der Waals surface area contributed by atoms with Crippen molar-refractivity contribution in [3.8, 4) is 45.6 Å². The Kier molecular flexibility index (Phi) is 8.08. The second-order valence-electron chi connectivity index (χ2n) is 8.93. The Morgan fingerprint density at radius 3 is 1.68 bits per heavy atom. The molecule has 0 bridgehead atoms. The van der Waals surface area contributed by atoms with Crippen LogP contribution < -0.4 is 34.1 Å². The number of carbonyl (C=O) groups excluding carboxylic acids is 1. The maximum atomic E-state index is 14.2. The average molecular weight is 549 g/mol. The first-order valence-corrected chi connectivity index (χ1v) is 12.3. The van der Waals surface area contributed by atoms with Crippen molar-refractivity contribution in [3.63, 3.8) is 0 Å². The summed E-state index contributed by atoms with van der Waals surface area (Å²) in [4.78, 5) is 29.7. The lowest BCUT2D eigenvalue weighted by atomic mass is 9.95. The molecule has 0 saturated carbocycles. The van der Waals surface area contributed by atoms with Gasteiger partial charge in [-0.2, -0.15) is 0 Å². The van der Waals surface area contributed by atoms with Crippen molar-refractivity contribution in [2.75, 3.05) is 61.7 Å². The van der Waals surface area contributed by atoms with Crippen LogP contribution in [0, 0.1) is 0 Å². The molecule has 0 aliphatic rings. The molecule has 4 rings (SSSR count). The van der Waals surface area contributed by atoms with Crippen molar-refractivity contribution in [3.05, 3.63) is 64.6 Å². The second-order valence-corrected chi connectivity index (χ2v) is 8.93. The number of hydrogen-bond donors (Lipinski definition) is 0. The number of hydrogen-bond acceptors (Lipinski definition) is 9. The molecule has 0 amide bonds. The molecule has 0 N–H and O–H groups in total. The summed E-state index contributed by atoms with van der Waals surface area (Å²) in [6.07, 6.45) is 0. The van der Waals surface area contributed by atoms with Gasteiger partial charge in [-0.05, 0) is 54.1 Å². The smallest absolute Gasteiger partial charge is 0.355 e. The minimum absolute atomic E-state index is 0.0131. The molecule has 1 aromatic heterocycles. The lowest BCUT2D eigenvalue weighted by molar-refractivity contribution is 0.0591. The van der Waals surface area contributed by atoms with Crippen LogP contribution in [0.4, 0.5) is 5.69 Å². The summed E-state index contributed by atoms with van der Waals surface area (Å²) in [5.74, 6) is 1.15. The highest BCUT2D eigenvalue weighted by Gasteiger charge is 2.28. The fraction of sp³-hybridized carbons (Fsp3) is 0.267. The summed E-state index contributed by atoms with van der Waals surface area (Å²) in [7, 11) is 12.6. The number of rotatable bonds is 9. The molecule has 210 valence electrons. The zero-order valence-corrected chi connectivity index (χ0v) is 23.8. The summed E-state index contributed by atoms with van der Waals surface area (Å²) in [5.41, 5.74) is 1.89. The average Bonchev–Trinajstić information content (AvgIpc) is 2.98. The third kappa shape index (κ3) is 4.72. The van der Waals surface area contributed by atoms with Crippen LogP contribution in [-0.2, 0) is 4.74 Å². The van der Waals surface area contributed by atoms with Gasteiger partial charge in [-0.3, -0.25) is 9.36 Å². The highest BCUT2D eigenvalue weighted by Crippen LogP contribution is 2.45.